The van der Waals surface area contributed by atoms with Crippen molar-refractivity contribution in [3.05, 3.63) is 14.8 Å². The van der Waals surface area contributed by atoms with Crippen molar-refractivity contribution >= 4 is 53.4 Å². The van der Waals surface area contributed by atoms with Crippen molar-refractivity contribution in [1.82, 2.24) is 14.5 Å². The molecule has 11 heteroatoms. The lowest BCUT2D eigenvalue weighted by atomic mass is 10.1. The number of ether oxygens (including phenoxy) is 4. The van der Waals surface area contributed by atoms with Gasteiger partial charge in [-0.05, 0) is 34.7 Å². The normalized spacial score (nSPS) is 27.0. The van der Waals surface area contributed by atoms with E-state index in [0.29, 0.717) is 39.1 Å². The highest BCUT2D eigenvalue weighted by Gasteiger charge is 2.48. The highest BCUT2D eigenvalue weighted by molar-refractivity contribution is 14.1. The summed E-state index contributed by atoms with van der Waals surface area (Å²) >= 11 is 8.33. The molecule has 4 rings (SSSR count). The van der Waals surface area contributed by atoms with E-state index in [0.717, 1.165) is 6.04 Å². The van der Waals surface area contributed by atoms with E-state index in [2.05, 4.69) is 52.2 Å². The number of aliphatic hydroxyl groups excluding tert-OH is 1. The largest absolute Gasteiger partial charge is 0.456 e. The van der Waals surface area contributed by atoms with E-state index in [-0.39, 0.29) is 31.6 Å². The highest BCUT2D eigenvalue weighted by Crippen LogP contribution is 2.32. The molecule has 2 aliphatic rings. The van der Waals surface area contributed by atoms with Crippen LogP contribution < -0.4 is 4.74 Å². The number of imidazole rings is 1. The molecule has 0 radical (unpaired) electrons. The average molecular weight is 554 g/mol. The SMILES string of the molecule is C[Si](C)(C)CCOCn1c(OC2COC3C(O)CO[C@H]23)nc2cc(Cl)c(I)nc21. The molecule has 4 atom stereocenters. The Balaban J connectivity index is 1.57. The molecule has 2 aromatic rings. The molecule has 0 bridgehead atoms. The van der Waals surface area contributed by atoms with E-state index in [9.17, 15) is 5.11 Å². The van der Waals surface area contributed by atoms with Crippen LogP contribution >= 0.6 is 34.2 Å². The summed E-state index contributed by atoms with van der Waals surface area (Å²) in [6.45, 7) is 8.48. The lowest BCUT2D eigenvalue weighted by Crippen LogP contribution is -2.35. The van der Waals surface area contributed by atoms with Crippen molar-refractivity contribution in [3.63, 3.8) is 0 Å². The third-order valence-corrected chi connectivity index (χ3v) is 8.19. The number of fused-ring (bicyclic) bond motifs is 2. The van der Waals surface area contributed by atoms with Crippen LogP contribution in [0.5, 0.6) is 6.01 Å². The first-order valence-electron chi connectivity index (χ1n) is 9.61. The molecule has 2 aromatic heterocycles. The van der Waals surface area contributed by atoms with Crippen molar-refractivity contribution in [2.45, 2.75) is 56.8 Å². The van der Waals surface area contributed by atoms with Gasteiger partial charge in [-0.2, -0.15) is 4.98 Å². The first kappa shape index (κ1) is 21.7. The van der Waals surface area contributed by atoms with E-state index < -0.39 is 14.2 Å². The number of rotatable bonds is 7. The smallest absolute Gasteiger partial charge is 0.301 e. The maximum atomic E-state index is 9.95. The second-order valence-electron chi connectivity index (χ2n) is 8.59. The average Bonchev–Trinajstić information content (AvgIpc) is 3.29. The Bertz CT molecular complexity index is 892. The molecule has 2 fully saturated rings. The summed E-state index contributed by atoms with van der Waals surface area (Å²) in [5, 5.41) is 10.5. The maximum Gasteiger partial charge on any atom is 0.301 e. The molecule has 0 saturated carbocycles. The van der Waals surface area contributed by atoms with Crippen LogP contribution in [-0.4, -0.2) is 72.0 Å². The van der Waals surface area contributed by atoms with Gasteiger partial charge in [0.25, 0.3) is 0 Å². The monoisotopic (exact) mass is 553 g/mol. The standard InChI is InChI=1S/C18H25ClIN3O5Si/c1-29(2,3)5-4-25-9-23-17-11(6-10(19)16(20)22-17)21-18(23)28-13-8-27-14-12(24)7-26-15(13)14/h6,12-15,24H,4-5,7-9H2,1-3H3/t12?,13?,14?,15-/m1/s1. The number of hydrogen-bond donors (Lipinski definition) is 1. The van der Waals surface area contributed by atoms with Crippen molar-refractivity contribution in [3.8, 4) is 6.01 Å². The molecule has 1 N–H and O–H groups in total. The van der Waals surface area contributed by atoms with Crippen molar-refractivity contribution in [1.29, 1.82) is 0 Å². The van der Waals surface area contributed by atoms with E-state index in [1.807, 2.05) is 4.57 Å². The first-order valence-corrected chi connectivity index (χ1v) is 14.8. The molecule has 0 aromatic carbocycles. The molecule has 2 aliphatic heterocycles. The number of nitrogens with zero attached hydrogens (tertiary/aromatic N) is 3. The van der Waals surface area contributed by atoms with Crippen molar-refractivity contribution < 1.29 is 24.1 Å². The Labute approximate surface area is 189 Å². The van der Waals surface area contributed by atoms with Gasteiger partial charge in [0.2, 0.25) is 0 Å². The zero-order chi connectivity index (χ0) is 20.8. The third-order valence-electron chi connectivity index (χ3n) is 5.05. The second-order valence-corrected chi connectivity index (χ2v) is 15.6. The lowest BCUT2D eigenvalue weighted by molar-refractivity contribution is 0.00336. The summed E-state index contributed by atoms with van der Waals surface area (Å²) in [7, 11) is -1.19. The molecule has 2 saturated heterocycles. The van der Waals surface area contributed by atoms with Gasteiger partial charge in [-0.3, -0.25) is 4.57 Å². The van der Waals surface area contributed by atoms with Gasteiger partial charge in [0.1, 0.15) is 34.3 Å². The molecule has 29 heavy (non-hydrogen) atoms. The first-order chi connectivity index (χ1) is 13.7. The fourth-order valence-electron chi connectivity index (χ4n) is 3.40. The van der Waals surface area contributed by atoms with Crippen LogP contribution in [0, 0.1) is 3.70 Å². The van der Waals surface area contributed by atoms with Gasteiger partial charge >= 0.3 is 6.01 Å². The van der Waals surface area contributed by atoms with Gasteiger partial charge < -0.3 is 24.1 Å². The van der Waals surface area contributed by atoms with Crippen LogP contribution in [0.2, 0.25) is 30.7 Å². The Morgan fingerprint density at radius 1 is 1.28 bits per heavy atom. The summed E-state index contributed by atoms with van der Waals surface area (Å²) in [5.41, 5.74) is 1.30. The molecule has 3 unspecified atom stereocenters. The zero-order valence-electron chi connectivity index (χ0n) is 16.6. The van der Waals surface area contributed by atoms with Crippen LogP contribution in [0.15, 0.2) is 6.07 Å². The predicted molar refractivity (Wildman–Crippen MR) is 119 cm³/mol. The van der Waals surface area contributed by atoms with Gasteiger partial charge in [-0.15, -0.1) is 0 Å². The van der Waals surface area contributed by atoms with Crippen LogP contribution in [0.4, 0.5) is 0 Å². The molecular formula is C18H25ClIN3O5Si. The fourth-order valence-corrected chi connectivity index (χ4v) is 4.69. The molecule has 8 nitrogen and oxygen atoms in total. The molecule has 0 amide bonds. The van der Waals surface area contributed by atoms with Crippen molar-refractivity contribution in [2.24, 2.45) is 0 Å². The Morgan fingerprint density at radius 3 is 2.79 bits per heavy atom. The van der Waals surface area contributed by atoms with Crippen molar-refractivity contribution in [2.75, 3.05) is 19.8 Å². The Morgan fingerprint density at radius 2 is 2.03 bits per heavy atom. The second kappa shape index (κ2) is 8.56. The number of hydrogen-bond acceptors (Lipinski definition) is 7. The van der Waals surface area contributed by atoms with Gasteiger partial charge in [0.05, 0.1) is 18.2 Å². The molecule has 0 aliphatic carbocycles. The van der Waals surface area contributed by atoms with E-state index in [4.69, 9.17) is 30.5 Å². The number of aliphatic hydroxyl groups is 1. The summed E-state index contributed by atoms with van der Waals surface area (Å²) in [5.74, 6) is 0. The maximum absolute atomic E-state index is 9.95. The Hall–Kier alpha value is -0.503. The number of halogens is 2. The minimum Gasteiger partial charge on any atom is -0.456 e. The van der Waals surface area contributed by atoms with E-state index >= 15 is 0 Å². The number of pyridine rings is 1. The highest BCUT2D eigenvalue weighted by atomic mass is 127. The summed E-state index contributed by atoms with van der Waals surface area (Å²) in [4.78, 5) is 9.16. The lowest BCUT2D eigenvalue weighted by Gasteiger charge is -2.19. The van der Waals surface area contributed by atoms with Crippen LogP contribution in [0.25, 0.3) is 11.2 Å². The van der Waals surface area contributed by atoms with E-state index in [1.54, 1.807) is 6.07 Å². The molecule has 4 heterocycles. The van der Waals surface area contributed by atoms with Gasteiger partial charge in [0, 0.05) is 14.7 Å². The molecule has 160 valence electrons. The number of aromatic nitrogens is 3. The fraction of sp³-hybridized carbons (Fsp3) is 0.667. The quantitative estimate of drug-likeness (QED) is 0.244. The van der Waals surface area contributed by atoms with Crippen LogP contribution in [0.1, 0.15) is 0 Å². The third kappa shape index (κ3) is 4.73. The summed E-state index contributed by atoms with van der Waals surface area (Å²) in [6, 6.07) is 3.23. The van der Waals surface area contributed by atoms with E-state index in [1.165, 1.54) is 0 Å². The summed E-state index contributed by atoms with van der Waals surface area (Å²) in [6.07, 6.45) is -1.66. The van der Waals surface area contributed by atoms with Crippen LogP contribution in [0.3, 0.4) is 0 Å². The van der Waals surface area contributed by atoms with Gasteiger partial charge in [0.15, 0.2) is 11.8 Å². The molecular weight excluding hydrogens is 529 g/mol. The van der Waals surface area contributed by atoms with Gasteiger partial charge in [-0.25, -0.2) is 4.98 Å². The molecule has 0 spiro atoms. The summed E-state index contributed by atoms with van der Waals surface area (Å²) < 4.78 is 25.9. The van der Waals surface area contributed by atoms with Crippen LogP contribution in [-0.2, 0) is 20.9 Å². The topological polar surface area (TPSA) is 87.9 Å². The minimum absolute atomic E-state index is 0.251. The predicted octanol–water partition coefficient (Wildman–Crippen LogP) is 2.91. The Kier molecular flexibility index (Phi) is 6.41. The van der Waals surface area contributed by atoms with Gasteiger partial charge in [-0.1, -0.05) is 31.2 Å². The zero-order valence-corrected chi connectivity index (χ0v) is 20.5. The minimum atomic E-state index is -1.19.